The molecule has 1 saturated heterocycles. The molecule has 0 unspecified atom stereocenters. The van der Waals surface area contributed by atoms with Crippen molar-refractivity contribution < 1.29 is 4.79 Å². The van der Waals surface area contributed by atoms with Gasteiger partial charge in [0.1, 0.15) is 0 Å². The molecule has 22 heavy (non-hydrogen) atoms. The minimum atomic E-state index is -0.0506. The third-order valence-electron chi connectivity index (χ3n) is 3.95. The lowest BCUT2D eigenvalue weighted by atomic mass is 10.1. The second kappa shape index (κ2) is 7.06. The van der Waals surface area contributed by atoms with Crippen LogP contribution in [-0.4, -0.2) is 40.5 Å². The largest absolute Gasteiger partial charge is 0.372 e. The molecule has 3 rings (SSSR count). The van der Waals surface area contributed by atoms with E-state index in [9.17, 15) is 4.79 Å². The fourth-order valence-corrected chi connectivity index (χ4v) is 2.71. The molecule has 116 valence electrons. The molecule has 0 atom stereocenters. The van der Waals surface area contributed by atoms with E-state index in [2.05, 4.69) is 20.5 Å². The summed E-state index contributed by atoms with van der Waals surface area (Å²) in [6, 6.07) is 7.87. The maximum atomic E-state index is 12.1. The van der Waals surface area contributed by atoms with E-state index < -0.39 is 0 Å². The first-order valence-electron chi connectivity index (χ1n) is 7.80. The maximum Gasteiger partial charge on any atom is 0.251 e. The smallest absolute Gasteiger partial charge is 0.251 e. The highest BCUT2D eigenvalue weighted by atomic mass is 16.1. The van der Waals surface area contributed by atoms with E-state index in [1.54, 1.807) is 17.1 Å². The third kappa shape index (κ3) is 3.63. The molecule has 0 radical (unpaired) electrons. The van der Waals surface area contributed by atoms with E-state index in [0.717, 1.165) is 13.1 Å². The third-order valence-corrected chi connectivity index (χ3v) is 3.95. The predicted octanol–water partition coefficient (Wildman–Crippen LogP) is 1.70. The molecule has 1 aromatic heterocycles. The van der Waals surface area contributed by atoms with Crippen LogP contribution in [0.4, 0.5) is 5.69 Å². The first-order chi connectivity index (χ1) is 10.8. The first-order valence-corrected chi connectivity index (χ1v) is 7.80. The fraction of sp³-hybridized carbons (Fsp3) is 0.438. The summed E-state index contributed by atoms with van der Waals surface area (Å²) in [5.74, 6) is -0.0506. The normalized spacial score (nSPS) is 14.8. The number of rotatable bonds is 5. The number of anilines is 1. The van der Waals surface area contributed by atoms with Gasteiger partial charge in [0.25, 0.3) is 5.91 Å². The SMILES string of the molecule is O=C(NCCn1ccnn1)c1ccc(N2CCCCC2)cc1. The number of nitrogens with zero attached hydrogens (tertiary/aromatic N) is 4. The number of hydrogen-bond donors (Lipinski definition) is 1. The van der Waals surface area contributed by atoms with E-state index in [4.69, 9.17) is 0 Å². The summed E-state index contributed by atoms with van der Waals surface area (Å²) in [5.41, 5.74) is 1.90. The van der Waals surface area contributed by atoms with Crippen molar-refractivity contribution in [2.24, 2.45) is 0 Å². The monoisotopic (exact) mass is 299 g/mol. The standard InChI is InChI=1S/C16H21N5O/c22-16(17-8-12-21-13-9-18-19-21)14-4-6-15(7-5-14)20-10-2-1-3-11-20/h4-7,9,13H,1-3,8,10-12H2,(H,17,22). The zero-order valence-corrected chi connectivity index (χ0v) is 12.6. The molecular weight excluding hydrogens is 278 g/mol. The Bertz CT molecular complexity index is 588. The highest BCUT2D eigenvalue weighted by molar-refractivity contribution is 5.94. The molecular formula is C16H21N5O. The quantitative estimate of drug-likeness (QED) is 0.913. The van der Waals surface area contributed by atoms with E-state index >= 15 is 0 Å². The lowest BCUT2D eigenvalue weighted by Gasteiger charge is -2.28. The lowest BCUT2D eigenvalue weighted by molar-refractivity contribution is 0.0952. The van der Waals surface area contributed by atoms with Crippen molar-refractivity contribution in [3.8, 4) is 0 Å². The minimum Gasteiger partial charge on any atom is -0.372 e. The lowest BCUT2D eigenvalue weighted by Crippen LogP contribution is -2.29. The zero-order chi connectivity index (χ0) is 15.2. The van der Waals surface area contributed by atoms with Gasteiger partial charge in [0.15, 0.2) is 0 Å². The Morgan fingerprint density at radius 2 is 1.91 bits per heavy atom. The average Bonchev–Trinajstić information content (AvgIpc) is 3.09. The first kappa shape index (κ1) is 14.6. The van der Waals surface area contributed by atoms with E-state index in [0.29, 0.717) is 18.7 Å². The Balaban J connectivity index is 1.51. The highest BCUT2D eigenvalue weighted by Crippen LogP contribution is 2.20. The number of hydrogen-bond acceptors (Lipinski definition) is 4. The van der Waals surface area contributed by atoms with Gasteiger partial charge in [0.2, 0.25) is 0 Å². The number of nitrogens with one attached hydrogen (secondary N) is 1. The van der Waals surface area contributed by atoms with E-state index in [1.165, 1.54) is 24.9 Å². The van der Waals surface area contributed by atoms with Crippen LogP contribution in [0.15, 0.2) is 36.7 Å². The molecule has 1 N–H and O–H groups in total. The van der Waals surface area contributed by atoms with Crippen LogP contribution in [0.3, 0.4) is 0 Å². The number of aromatic nitrogens is 3. The molecule has 0 aliphatic carbocycles. The summed E-state index contributed by atoms with van der Waals surface area (Å²) in [7, 11) is 0. The number of piperidine rings is 1. The fourth-order valence-electron chi connectivity index (χ4n) is 2.71. The minimum absolute atomic E-state index is 0.0506. The van der Waals surface area contributed by atoms with Crippen molar-refractivity contribution in [1.82, 2.24) is 20.3 Å². The molecule has 1 aromatic carbocycles. The molecule has 1 aliphatic heterocycles. The highest BCUT2D eigenvalue weighted by Gasteiger charge is 2.11. The zero-order valence-electron chi connectivity index (χ0n) is 12.6. The van der Waals surface area contributed by atoms with Crippen molar-refractivity contribution in [3.05, 3.63) is 42.2 Å². The second-order valence-electron chi connectivity index (χ2n) is 5.52. The van der Waals surface area contributed by atoms with Gasteiger partial charge in [-0.25, -0.2) is 0 Å². The maximum absolute atomic E-state index is 12.1. The topological polar surface area (TPSA) is 63.1 Å². The number of benzene rings is 1. The Morgan fingerprint density at radius 1 is 1.14 bits per heavy atom. The second-order valence-corrected chi connectivity index (χ2v) is 5.52. The van der Waals surface area contributed by atoms with Crippen LogP contribution >= 0.6 is 0 Å². The molecule has 0 saturated carbocycles. The van der Waals surface area contributed by atoms with Crippen LogP contribution in [0.25, 0.3) is 0 Å². The molecule has 0 bridgehead atoms. The van der Waals surface area contributed by atoms with Crippen LogP contribution in [0.1, 0.15) is 29.6 Å². The Labute approximate surface area is 130 Å². The van der Waals surface area contributed by atoms with Crippen LogP contribution in [-0.2, 0) is 6.54 Å². The van der Waals surface area contributed by atoms with Crippen molar-refractivity contribution in [1.29, 1.82) is 0 Å². The number of carbonyl (C=O) groups is 1. The van der Waals surface area contributed by atoms with Crippen molar-refractivity contribution >= 4 is 11.6 Å². The Kier molecular flexibility index (Phi) is 4.68. The van der Waals surface area contributed by atoms with Crippen molar-refractivity contribution in [3.63, 3.8) is 0 Å². The number of amides is 1. The van der Waals surface area contributed by atoms with Gasteiger partial charge < -0.3 is 10.2 Å². The Hall–Kier alpha value is -2.37. The molecule has 1 aliphatic rings. The van der Waals surface area contributed by atoms with Gasteiger partial charge in [-0.15, -0.1) is 5.10 Å². The van der Waals surface area contributed by atoms with Gasteiger partial charge in [-0.05, 0) is 43.5 Å². The molecule has 2 heterocycles. The average molecular weight is 299 g/mol. The van der Waals surface area contributed by atoms with Gasteiger partial charge in [0, 0.05) is 37.1 Å². The summed E-state index contributed by atoms with van der Waals surface area (Å²) in [6.07, 6.45) is 7.23. The van der Waals surface area contributed by atoms with Crippen molar-refractivity contribution in [2.75, 3.05) is 24.5 Å². The summed E-state index contributed by atoms with van der Waals surface area (Å²) in [6.45, 7) is 3.39. The van der Waals surface area contributed by atoms with Crippen LogP contribution in [0, 0.1) is 0 Å². The van der Waals surface area contributed by atoms with Gasteiger partial charge in [-0.1, -0.05) is 5.21 Å². The van der Waals surface area contributed by atoms with Crippen LogP contribution in [0.2, 0.25) is 0 Å². The molecule has 1 amide bonds. The molecule has 6 nitrogen and oxygen atoms in total. The van der Waals surface area contributed by atoms with Crippen LogP contribution < -0.4 is 10.2 Å². The molecule has 0 spiro atoms. The van der Waals surface area contributed by atoms with E-state index in [1.807, 2.05) is 24.3 Å². The van der Waals surface area contributed by atoms with Gasteiger partial charge >= 0.3 is 0 Å². The summed E-state index contributed by atoms with van der Waals surface area (Å²) < 4.78 is 1.69. The van der Waals surface area contributed by atoms with Crippen LogP contribution in [0.5, 0.6) is 0 Å². The summed E-state index contributed by atoms with van der Waals surface area (Å²) in [4.78, 5) is 14.5. The molecule has 6 heteroatoms. The predicted molar refractivity (Wildman–Crippen MR) is 84.9 cm³/mol. The van der Waals surface area contributed by atoms with Gasteiger partial charge in [0.05, 0.1) is 12.7 Å². The molecule has 2 aromatic rings. The Morgan fingerprint density at radius 3 is 2.59 bits per heavy atom. The summed E-state index contributed by atoms with van der Waals surface area (Å²) in [5, 5.41) is 10.5. The van der Waals surface area contributed by atoms with Gasteiger partial charge in [-0.2, -0.15) is 0 Å². The van der Waals surface area contributed by atoms with Crippen molar-refractivity contribution in [2.45, 2.75) is 25.8 Å². The summed E-state index contributed by atoms with van der Waals surface area (Å²) >= 11 is 0. The van der Waals surface area contributed by atoms with E-state index in [-0.39, 0.29) is 5.91 Å². The number of carbonyl (C=O) groups excluding carboxylic acids is 1. The van der Waals surface area contributed by atoms with Gasteiger partial charge in [-0.3, -0.25) is 9.48 Å². The molecule has 1 fully saturated rings.